The van der Waals surface area contributed by atoms with E-state index in [1.165, 1.54) is 64.5 Å². The van der Waals surface area contributed by atoms with Crippen LogP contribution < -0.4 is 0 Å². The van der Waals surface area contributed by atoms with Crippen LogP contribution in [0.2, 0.25) is 0 Å². The largest absolute Gasteiger partial charge is 0.465 e. The average molecular weight is 429 g/mol. The van der Waals surface area contributed by atoms with Crippen LogP contribution in [-0.2, 0) is 4.74 Å². The van der Waals surface area contributed by atoms with Gasteiger partial charge in [-0.2, -0.15) is 0 Å². The molecule has 2 fully saturated rings. The van der Waals surface area contributed by atoms with Gasteiger partial charge in [0.25, 0.3) is 0 Å². The Hall–Kier alpha value is -1.97. The Morgan fingerprint density at radius 1 is 1.03 bits per heavy atom. The summed E-state index contributed by atoms with van der Waals surface area (Å²) in [5.41, 5.74) is 0.555. The van der Waals surface area contributed by atoms with E-state index < -0.39 is 11.8 Å². The van der Waals surface area contributed by atoms with Gasteiger partial charge in [0.1, 0.15) is 11.6 Å². The van der Waals surface area contributed by atoms with Crippen molar-refractivity contribution in [1.29, 1.82) is 0 Å². The molecule has 0 saturated heterocycles. The lowest BCUT2D eigenvalue weighted by Gasteiger charge is -2.42. The van der Waals surface area contributed by atoms with E-state index in [2.05, 4.69) is 11.7 Å². The van der Waals surface area contributed by atoms with E-state index in [1.807, 2.05) is 12.1 Å². The van der Waals surface area contributed by atoms with Gasteiger partial charge in [0.15, 0.2) is 0 Å². The van der Waals surface area contributed by atoms with Crippen LogP contribution >= 0.6 is 0 Å². The Balaban J connectivity index is 1.49. The fraction of sp³-hybridized carbons (Fsp3) is 0.593. The van der Waals surface area contributed by atoms with Crippen LogP contribution in [0, 0.1) is 29.4 Å². The third-order valence-corrected chi connectivity index (χ3v) is 7.85. The van der Waals surface area contributed by atoms with E-state index in [9.17, 15) is 9.18 Å². The van der Waals surface area contributed by atoms with E-state index in [-0.39, 0.29) is 22.7 Å². The topological polar surface area (TPSA) is 26.3 Å². The van der Waals surface area contributed by atoms with E-state index in [4.69, 9.17) is 0 Å². The third kappa shape index (κ3) is 4.63. The average Bonchev–Trinajstić information content (AvgIpc) is 2.79. The lowest BCUT2D eigenvalue weighted by atomic mass is 9.63. The Labute approximate surface area is 184 Å². The van der Waals surface area contributed by atoms with Crippen LogP contribution in [-0.4, -0.2) is 13.1 Å². The predicted molar refractivity (Wildman–Crippen MR) is 120 cm³/mol. The van der Waals surface area contributed by atoms with Crippen molar-refractivity contribution in [2.24, 2.45) is 17.8 Å². The molecule has 2 saturated carbocycles. The summed E-state index contributed by atoms with van der Waals surface area (Å²) in [6, 6.07) is 6.20. The standard InChI is InChI=1S/C27H34F2O2/c1-3-4-5-6-17-7-8-19-14-20(10-9-18(19)13-17)22-12-11-21-15-24(27(30)31-2)25(28)16-23(21)26(22)29/h11-12,15-20H,3-10,13-14H2,1-2H3. The molecule has 0 heterocycles. The molecule has 4 heteroatoms. The van der Waals surface area contributed by atoms with Crippen molar-refractivity contribution in [2.45, 2.75) is 77.0 Å². The molecular formula is C27H34F2O2. The van der Waals surface area contributed by atoms with Crippen LogP contribution in [0.3, 0.4) is 0 Å². The van der Waals surface area contributed by atoms with Crippen LogP contribution in [0.25, 0.3) is 10.8 Å². The molecule has 4 rings (SSSR count). The zero-order valence-electron chi connectivity index (χ0n) is 18.8. The summed E-state index contributed by atoms with van der Waals surface area (Å²) in [6.07, 6.45) is 12.5. The predicted octanol–water partition coefficient (Wildman–Crippen LogP) is 7.78. The molecule has 2 aromatic rings. The van der Waals surface area contributed by atoms with Gasteiger partial charge in [-0.25, -0.2) is 13.6 Å². The third-order valence-electron chi connectivity index (χ3n) is 7.85. The molecule has 4 atom stereocenters. The number of carbonyl (C=O) groups is 1. The van der Waals surface area contributed by atoms with Crippen molar-refractivity contribution in [2.75, 3.05) is 7.11 Å². The number of benzene rings is 2. The molecule has 2 aliphatic carbocycles. The minimum atomic E-state index is -0.743. The number of ether oxygens (including phenoxy) is 1. The van der Waals surface area contributed by atoms with Crippen molar-refractivity contribution < 1.29 is 18.3 Å². The first-order chi connectivity index (χ1) is 15.0. The van der Waals surface area contributed by atoms with Crippen molar-refractivity contribution in [3.63, 3.8) is 0 Å². The summed E-state index contributed by atoms with van der Waals surface area (Å²) >= 11 is 0. The van der Waals surface area contributed by atoms with Gasteiger partial charge in [-0.15, -0.1) is 0 Å². The Kier molecular flexibility index (Phi) is 6.93. The molecule has 0 amide bonds. The maximum atomic E-state index is 15.4. The zero-order chi connectivity index (χ0) is 22.0. The van der Waals surface area contributed by atoms with E-state index >= 15 is 4.39 Å². The number of hydrogen-bond acceptors (Lipinski definition) is 2. The Morgan fingerprint density at radius 3 is 2.58 bits per heavy atom. The highest BCUT2D eigenvalue weighted by atomic mass is 19.1. The van der Waals surface area contributed by atoms with E-state index in [1.54, 1.807) is 0 Å². The molecule has 4 unspecified atom stereocenters. The molecular weight excluding hydrogens is 394 g/mol. The number of unbranched alkanes of at least 4 members (excludes halogenated alkanes) is 2. The van der Waals surface area contributed by atoms with Crippen LogP contribution in [0.4, 0.5) is 8.78 Å². The highest BCUT2D eigenvalue weighted by Gasteiger charge is 2.36. The minimum absolute atomic E-state index is 0.154. The van der Waals surface area contributed by atoms with Gasteiger partial charge in [-0.05, 0) is 78.9 Å². The van der Waals surface area contributed by atoms with Crippen molar-refractivity contribution in [1.82, 2.24) is 0 Å². The SMILES string of the molecule is CCCCCC1CCC2CC(c3ccc4cc(C(=O)OC)c(F)cc4c3F)CCC2C1. The fourth-order valence-corrected chi connectivity index (χ4v) is 6.12. The van der Waals surface area contributed by atoms with Gasteiger partial charge >= 0.3 is 5.97 Å². The Bertz CT molecular complexity index is 938. The first kappa shape index (κ1) is 22.2. The van der Waals surface area contributed by atoms with Crippen LogP contribution in [0.15, 0.2) is 24.3 Å². The van der Waals surface area contributed by atoms with E-state index in [0.29, 0.717) is 16.9 Å². The molecule has 0 radical (unpaired) electrons. The van der Waals surface area contributed by atoms with Crippen LogP contribution in [0.5, 0.6) is 0 Å². The number of fused-ring (bicyclic) bond motifs is 2. The fourth-order valence-electron chi connectivity index (χ4n) is 6.12. The first-order valence-electron chi connectivity index (χ1n) is 12.0. The van der Waals surface area contributed by atoms with Gasteiger partial charge < -0.3 is 4.74 Å². The summed E-state index contributed by atoms with van der Waals surface area (Å²) in [7, 11) is 1.21. The second kappa shape index (κ2) is 9.67. The summed E-state index contributed by atoms with van der Waals surface area (Å²) in [4.78, 5) is 11.8. The quantitative estimate of drug-likeness (QED) is 0.347. The molecule has 0 aromatic heterocycles. The number of carbonyl (C=O) groups excluding carboxylic acids is 1. The highest BCUT2D eigenvalue weighted by Crippen LogP contribution is 2.49. The van der Waals surface area contributed by atoms with Gasteiger partial charge in [-0.3, -0.25) is 0 Å². The van der Waals surface area contributed by atoms with E-state index in [0.717, 1.165) is 30.7 Å². The molecule has 2 nitrogen and oxygen atoms in total. The summed E-state index contributed by atoms with van der Waals surface area (Å²) < 4.78 is 34.5. The van der Waals surface area contributed by atoms with Gasteiger partial charge in [0.05, 0.1) is 12.7 Å². The smallest absolute Gasteiger partial charge is 0.340 e. The van der Waals surface area contributed by atoms with Gasteiger partial charge in [-0.1, -0.05) is 51.2 Å². The molecule has 2 aliphatic rings. The molecule has 0 N–H and O–H groups in total. The molecule has 31 heavy (non-hydrogen) atoms. The minimum Gasteiger partial charge on any atom is -0.465 e. The lowest BCUT2D eigenvalue weighted by Crippen LogP contribution is -2.30. The lowest BCUT2D eigenvalue weighted by molar-refractivity contribution is 0.0595. The van der Waals surface area contributed by atoms with Crippen LogP contribution in [0.1, 0.15) is 93.0 Å². The maximum absolute atomic E-state index is 15.4. The molecule has 2 aromatic carbocycles. The number of halogens is 2. The second-order valence-electron chi connectivity index (χ2n) is 9.72. The maximum Gasteiger partial charge on any atom is 0.340 e. The molecule has 0 spiro atoms. The number of rotatable bonds is 6. The van der Waals surface area contributed by atoms with Gasteiger partial charge in [0.2, 0.25) is 0 Å². The number of hydrogen-bond donors (Lipinski definition) is 0. The number of esters is 1. The zero-order valence-corrected chi connectivity index (χ0v) is 18.8. The molecule has 0 bridgehead atoms. The number of methoxy groups -OCH3 is 1. The van der Waals surface area contributed by atoms with Crippen molar-refractivity contribution >= 4 is 16.7 Å². The summed E-state index contributed by atoms with van der Waals surface area (Å²) in [5, 5.41) is 0.786. The normalized spacial score (nSPS) is 25.9. The first-order valence-corrected chi connectivity index (χ1v) is 12.0. The Morgan fingerprint density at radius 2 is 1.81 bits per heavy atom. The molecule has 0 aliphatic heterocycles. The molecule has 168 valence electrons. The monoisotopic (exact) mass is 428 g/mol. The second-order valence-corrected chi connectivity index (χ2v) is 9.72. The highest BCUT2D eigenvalue weighted by molar-refractivity contribution is 5.96. The van der Waals surface area contributed by atoms with Gasteiger partial charge in [0, 0.05) is 5.39 Å². The summed E-state index contributed by atoms with van der Waals surface area (Å²) in [5.74, 6) is 0.756. The van der Waals surface area contributed by atoms with Crippen molar-refractivity contribution in [3.8, 4) is 0 Å². The van der Waals surface area contributed by atoms with Crippen molar-refractivity contribution in [3.05, 3.63) is 47.0 Å². The summed E-state index contributed by atoms with van der Waals surface area (Å²) in [6.45, 7) is 2.26.